The van der Waals surface area contributed by atoms with Gasteiger partial charge < -0.3 is 10.1 Å². The number of aromatic carboxylic acids is 1. The van der Waals surface area contributed by atoms with Crippen molar-refractivity contribution in [2.45, 2.75) is 0 Å². The van der Waals surface area contributed by atoms with Gasteiger partial charge in [-0.15, -0.1) is 0 Å². The van der Waals surface area contributed by atoms with Crippen molar-refractivity contribution < 1.29 is 14.9 Å². The first-order valence-electron chi connectivity index (χ1n) is 4.77. The van der Waals surface area contributed by atoms with Crippen LogP contribution in [0.2, 0.25) is 0 Å². The zero-order valence-corrected chi connectivity index (χ0v) is 8.19. The molecule has 3 aromatic rings. The highest BCUT2D eigenvalue weighted by Crippen LogP contribution is 2.19. The molecule has 0 unspecified atom stereocenters. The molecule has 0 aliphatic heterocycles. The number of H-pyrrole nitrogens is 2. The molecule has 3 N–H and O–H groups in total. The van der Waals surface area contributed by atoms with Crippen LogP contribution in [-0.2, 0) is 0 Å². The highest BCUT2D eigenvalue weighted by atomic mass is 16.4. The molecule has 1 aromatic carbocycles. The van der Waals surface area contributed by atoms with Crippen molar-refractivity contribution in [2.75, 3.05) is 0 Å². The standard InChI is InChI=1S/C11H7N3O2/c15-11(16)9-5-13-8-2-1-7-6(3-4-12-7)10(8)14-9/h1-5,14H,(H,15,16)/p+1. The molecule has 0 amide bonds. The molecule has 0 aliphatic carbocycles. The van der Waals surface area contributed by atoms with Gasteiger partial charge in [-0.2, -0.15) is 0 Å². The number of nitrogens with one attached hydrogen (secondary N) is 2. The summed E-state index contributed by atoms with van der Waals surface area (Å²) in [5.74, 6) is -0.991. The molecule has 0 atom stereocenters. The van der Waals surface area contributed by atoms with E-state index < -0.39 is 5.97 Å². The van der Waals surface area contributed by atoms with Crippen LogP contribution >= 0.6 is 0 Å². The van der Waals surface area contributed by atoms with E-state index in [0.29, 0.717) is 0 Å². The summed E-state index contributed by atoms with van der Waals surface area (Å²) in [5, 5.41) is 9.81. The largest absolute Gasteiger partial charge is 0.476 e. The van der Waals surface area contributed by atoms with Crippen molar-refractivity contribution >= 4 is 27.9 Å². The third-order valence-corrected chi connectivity index (χ3v) is 2.54. The van der Waals surface area contributed by atoms with Crippen molar-refractivity contribution in [3.63, 3.8) is 0 Å². The van der Waals surface area contributed by atoms with Crippen LogP contribution in [-0.4, -0.2) is 21.0 Å². The number of aromatic nitrogens is 3. The van der Waals surface area contributed by atoms with Gasteiger partial charge in [-0.1, -0.05) is 0 Å². The Kier molecular flexibility index (Phi) is 1.67. The van der Waals surface area contributed by atoms with Gasteiger partial charge >= 0.3 is 5.97 Å². The van der Waals surface area contributed by atoms with Crippen molar-refractivity contribution in [1.82, 2.24) is 9.97 Å². The van der Waals surface area contributed by atoms with Crippen molar-refractivity contribution in [3.8, 4) is 0 Å². The van der Waals surface area contributed by atoms with Gasteiger partial charge in [-0.3, -0.25) is 4.98 Å². The molecule has 5 nitrogen and oxygen atoms in total. The lowest BCUT2D eigenvalue weighted by molar-refractivity contribution is -0.345. The van der Waals surface area contributed by atoms with E-state index in [1.807, 2.05) is 18.2 Å². The van der Waals surface area contributed by atoms with Crippen LogP contribution in [0.25, 0.3) is 21.9 Å². The highest BCUT2D eigenvalue weighted by Gasteiger charge is 2.12. The summed E-state index contributed by atoms with van der Waals surface area (Å²) >= 11 is 0. The summed E-state index contributed by atoms with van der Waals surface area (Å²) in [5.41, 5.74) is 2.58. The monoisotopic (exact) mass is 214 g/mol. The second-order valence-corrected chi connectivity index (χ2v) is 3.50. The van der Waals surface area contributed by atoms with Gasteiger partial charge in [0.1, 0.15) is 5.52 Å². The molecule has 0 radical (unpaired) electrons. The summed E-state index contributed by atoms with van der Waals surface area (Å²) in [7, 11) is 0. The zero-order chi connectivity index (χ0) is 11.1. The minimum atomic E-state index is -0.991. The second kappa shape index (κ2) is 3.03. The van der Waals surface area contributed by atoms with Gasteiger partial charge in [-0.05, 0) is 12.1 Å². The number of fused-ring (bicyclic) bond motifs is 3. The molecule has 2 aromatic heterocycles. The SMILES string of the molecule is O=C(O)c1c[nH+]c2ccc3nccc3c2[nH]1. The lowest BCUT2D eigenvalue weighted by Crippen LogP contribution is -2.11. The molecule has 0 saturated carbocycles. The summed E-state index contributed by atoms with van der Waals surface area (Å²) in [6.45, 7) is 0. The van der Waals surface area contributed by atoms with Crippen molar-refractivity contribution in [1.29, 1.82) is 0 Å². The van der Waals surface area contributed by atoms with Gasteiger partial charge in [0, 0.05) is 17.6 Å². The maximum absolute atomic E-state index is 10.9. The third-order valence-electron chi connectivity index (χ3n) is 2.54. The van der Waals surface area contributed by atoms with Crippen LogP contribution in [0, 0.1) is 0 Å². The number of carboxylic acid groups (broad SMARTS) is 1. The summed E-state index contributed by atoms with van der Waals surface area (Å²) in [6, 6.07) is 5.61. The van der Waals surface area contributed by atoms with Crippen LogP contribution in [0.15, 0.2) is 30.6 Å². The normalized spacial score (nSPS) is 11.0. The first kappa shape index (κ1) is 8.84. The molecule has 0 spiro atoms. The third kappa shape index (κ3) is 1.15. The van der Waals surface area contributed by atoms with Crippen LogP contribution < -0.4 is 4.98 Å². The lowest BCUT2D eigenvalue weighted by atomic mass is 10.2. The fourth-order valence-electron chi connectivity index (χ4n) is 1.77. The number of carboxylic acids is 1. The van der Waals surface area contributed by atoms with E-state index in [-0.39, 0.29) is 5.69 Å². The molecule has 16 heavy (non-hydrogen) atoms. The second-order valence-electron chi connectivity index (χ2n) is 3.50. The van der Waals surface area contributed by atoms with Crippen LogP contribution in [0.4, 0.5) is 0 Å². The number of hydrogen-bond acceptors (Lipinski definition) is 2. The Morgan fingerprint density at radius 3 is 3.06 bits per heavy atom. The topological polar surface area (TPSA) is 80.1 Å². The zero-order valence-electron chi connectivity index (χ0n) is 8.19. The Labute approximate surface area is 89.8 Å². The minimum Gasteiger partial charge on any atom is -0.476 e. The maximum atomic E-state index is 10.9. The predicted octanol–water partition coefficient (Wildman–Crippen LogP) is 1.23. The number of benzene rings is 1. The molecular formula is C11H8N3O2+. The number of rotatable bonds is 1. The highest BCUT2D eigenvalue weighted by molar-refractivity contribution is 6.02. The summed E-state index contributed by atoms with van der Waals surface area (Å²) < 4.78 is 0. The van der Waals surface area contributed by atoms with E-state index in [4.69, 9.17) is 5.11 Å². The molecule has 0 bridgehead atoms. The summed E-state index contributed by atoms with van der Waals surface area (Å²) in [6.07, 6.45) is 3.14. The smallest absolute Gasteiger partial charge is 0.358 e. The van der Waals surface area contributed by atoms with E-state index in [2.05, 4.69) is 15.0 Å². The van der Waals surface area contributed by atoms with E-state index in [1.54, 1.807) is 6.20 Å². The van der Waals surface area contributed by atoms with E-state index in [1.165, 1.54) is 6.20 Å². The average Bonchev–Trinajstić information content (AvgIpc) is 2.76. The molecule has 5 heteroatoms. The average molecular weight is 214 g/mol. The van der Waals surface area contributed by atoms with Gasteiger partial charge in [0.25, 0.3) is 0 Å². The fraction of sp³-hybridized carbons (Fsp3) is 0. The summed E-state index contributed by atoms with van der Waals surface area (Å²) in [4.78, 5) is 20.8. The first-order valence-corrected chi connectivity index (χ1v) is 4.77. The Bertz CT molecular complexity index is 703. The Balaban J connectivity index is 2.46. The molecular weight excluding hydrogens is 206 g/mol. The van der Waals surface area contributed by atoms with Gasteiger partial charge in [0.15, 0.2) is 11.9 Å². The number of aromatic amines is 2. The quantitative estimate of drug-likeness (QED) is 0.639. The van der Waals surface area contributed by atoms with Gasteiger partial charge in [-0.25, -0.2) is 9.78 Å². The molecule has 2 heterocycles. The van der Waals surface area contributed by atoms with Gasteiger partial charge in [0.05, 0.1) is 5.52 Å². The molecule has 78 valence electrons. The maximum Gasteiger partial charge on any atom is 0.358 e. The Hall–Kier alpha value is -2.43. The number of nitrogens with zero attached hydrogens (tertiary/aromatic N) is 1. The Morgan fingerprint density at radius 2 is 2.25 bits per heavy atom. The minimum absolute atomic E-state index is 0.126. The van der Waals surface area contributed by atoms with E-state index in [0.717, 1.165) is 21.9 Å². The van der Waals surface area contributed by atoms with Crippen molar-refractivity contribution in [3.05, 3.63) is 36.3 Å². The predicted molar refractivity (Wildman–Crippen MR) is 57.1 cm³/mol. The molecule has 3 rings (SSSR count). The molecule has 0 fully saturated rings. The number of hydrogen-bond donors (Lipinski definition) is 2. The first-order chi connectivity index (χ1) is 7.75. The molecule has 0 saturated heterocycles. The van der Waals surface area contributed by atoms with Crippen molar-refractivity contribution in [2.24, 2.45) is 0 Å². The van der Waals surface area contributed by atoms with Crippen LogP contribution in [0.3, 0.4) is 0 Å². The Morgan fingerprint density at radius 1 is 1.38 bits per heavy atom. The van der Waals surface area contributed by atoms with Crippen LogP contribution in [0.1, 0.15) is 10.5 Å². The van der Waals surface area contributed by atoms with E-state index >= 15 is 0 Å². The van der Waals surface area contributed by atoms with Crippen LogP contribution in [0.5, 0.6) is 0 Å². The lowest BCUT2D eigenvalue weighted by Gasteiger charge is -1.97. The van der Waals surface area contributed by atoms with Gasteiger partial charge in [0.2, 0.25) is 5.52 Å². The van der Waals surface area contributed by atoms with E-state index in [9.17, 15) is 4.79 Å². The molecule has 0 aliphatic rings. The number of carbonyl (C=O) groups is 1. The fourth-order valence-corrected chi connectivity index (χ4v) is 1.77.